The largest absolute Gasteiger partial charge is 0.479 e. The molecule has 2 heterocycles. The Labute approximate surface area is 92.7 Å². The Morgan fingerprint density at radius 1 is 1.60 bits per heavy atom. The van der Waals surface area contributed by atoms with Crippen molar-refractivity contribution < 1.29 is 14.6 Å². The van der Waals surface area contributed by atoms with Gasteiger partial charge in [0.05, 0.1) is 0 Å². The van der Waals surface area contributed by atoms with E-state index in [1.165, 1.54) is 0 Å². The lowest BCUT2D eigenvalue weighted by atomic mass is 9.88. The molecule has 1 fully saturated rings. The molecule has 0 radical (unpaired) electrons. The van der Waals surface area contributed by atoms with Crippen molar-refractivity contribution in [3.63, 3.8) is 0 Å². The number of rotatable bonds is 3. The average Bonchev–Trinajstić information content (AvgIpc) is 2.71. The van der Waals surface area contributed by atoms with E-state index in [1.54, 1.807) is 11.3 Å². The summed E-state index contributed by atoms with van der Waals surface area (Å²) in [6, 6.07) is 1.97. The molecule has 0 amide bonds. The van der Waals surface area contributed by atoms with Gasteiger partial charge < -0.3 is 9.84 Å². The number of carbonyl (C=O) groups is 1. The summed E-state index contributed by atoms with van der Waals surface area (Å²) in [6.07, 6.45) is 3.03. The summed E-state index contributed by atoms with van der Waals surface area (Å²) >= 11 is 1.59. The Morgan fingerprint density at radius 3 is 3.00 bits per heavy atom. The van der Waals surface area contributed by atoms with Crippen LogP contribution in [0.5, 0.6) is 0 Å². The predicted octanol–water partition coefficient (Wildman–Crippen LogP) is 2.31. The molecule has 1 atom stereocenters. The summed E-state index contributed by atoms with van der Waals surface area (Å²) in [4.78, 5) is 11.3. The van der Waals surface area contributed by atoms with Crippen LogP contribution in [0.1, 0.15) is 24.8 Å². The van der Waals surface area contributed by atoms with Crippen LogP contribution >= 0.6 is 11.3 Å². The van der Waals surface area contributed by atoms with Crippen molar-refractivity contribution in [3.8, 4) is 0 Å². The van der Waals surface area contributed by atoms with Gasteiger partial charge >= 0.3 is 5.97 Å². The molecule has 3 nitrogen and oxygen atoms in total. The molecule has 1 aromatic rings. The van der Waals surface area contributed by atoms with Crippen LogP contribution < -0.4 is 0 Å². The van der Waals surface area contributed by atoms with E-state index in [1.807, 2.05) is 16.8 Å². The van der Waals surface area contributed by atoms with Gasteiger partial charge in [0, 0.05) is 13.0 Å². The normalized spacial score (nSPS) is 26.4. The van der Waals surface area contributed by atoms with Crippen molar-refractivity contribution in [1.82, 2.24) is 0 Å². The zero-order valence-corrected chi connectivity index (χ0v) is 9.26. The third-order valence-corrected chi connectivity index (χ3v) is 3.54. The van der Waals surface area contributed by atoms with Gasteiger partial charge in [-0.25, -0.2) is 4.79 Å². The zero-order valence-electron chi connectivity index (χ0n) is 8.44. The van der Waals surface area contributed by atoms with Gasteiger partial charge in [-0.1, -0.05) is 0 Å². The van der Waals surface area contributed by atoms with E-state index in [0.717, 1.165) is 18.4 Å². The molecule has 1 aromatic heterocycles. The third kappa shape index (κ3) is 2.21. The van der Waals surface area contributed by atoms with Gasteiger partial charge in [-0.05, 0) is 41.7 Å². The molecule has 0 aliphatic carbocycles. The van der Waals surface area contributed by atoms with Crippen LogP contribution in [0.2, 0.25) is 0 Å². The fourth-order valence-electron chi connectivity index (χ4n) is 1.96. The van der Waals surface area contributed by atoms with Gasteiger partial charge in [-0.3, -0.25) is 0 Å². The number of carboxylic acids is 1. The molecule has 1 N–H and O–H groups in total. The minimum absolute atomic E-state index is 0.492. The van der Waals surface area contributed by atoms with Gasteiger partial charge in [0.25, 0.3) is 0 Å². The third-order valence-electron chi connectivity index (χ3n) is 2.81. The summed E-state index contributed by atoms with van der Waals surface area (Å²) in [6.45, 7) is 0.566. The number of aliphatic carboxylic acids is 1. The first-order valence-corrected chi connectivity index (χ1v) is 6.06. The first-order chi connectivity index (χ1) is 7.23. The lowest BCUT2D eigenvalue weighted by Gasteiger charge is -2.33. The summed E-state index contributed by atoms with van der Waals surface area (Å²) < 4.78 is 5.51. The highest BCUT2D eigenvalue weighted by atomic mass is 32.1. The standard InChI is InChI=1S/C11H14O3S/c12-10(13)11(4-1-2-5-14-11)7-9-3-6-15-8-9/h3,6,8H,1-2,4-5,7H2,(H,12,13). The fraction of sp³-hybridized carbons (Fsp3) is 0.545. The number of ether oxygens (including phenoxy) is 1. The molecule has 1 unspecified atom stereocenters. The maximum absolute atomic E-state index is 11.3. The molecular weight excluding hydrogens is 212 g/mol. The number of hydrogen-bond acceptors (Lipinski definition) is 3. The molecular formula is C11H14O3S. The van der Waals surface area contributed by atoms with Crippen LogP contribution in [-0.4, -0.2) is 23.3 Å². The number of carboxylic acid groups (broad SMARTS) is 1. The Kier molecular flexibility index (Phi) is 3.07. The molecule has 2 rings (SSSR count). The van der Waals surface area contributed by atoms with E-state index in [2.05, 4.69) is 0 Å². The van der Waals surface area contributed by atoms with Crippen LogP contribution in [0, 0.1) is 0 Å². The summed E-state index contributed by atoms with van der Waals surface area (Å²) in [7, 11) is 0. The van der Waals surface area contributed by atoms with E-state index in [0.29, 0.717) is 19.4 Å². The van der Waals surface area contributed by atoms with Gasteiger partial charge in [-0.2, -0.15) is 11.3 Å². The second-order valence-corrected chi connectivity index (χ2v) is 4.69. The molecule has 1 aliphatic rings. The monoisotopic (exact) mass is 226 g/mol. The van der Waals surface area contributed by atoms with Crippen LogP contribution in [0.3, 0.4) is 0 Å². The van der Waals surface area contributed by atoms with Crippen molar-refractivity contribution >= 4 is 17.3 Å². The Bertz CT molecular complexity index is 326. The van der Waals surface area contributed by atoms with Gasteiger partial charge in [-0.15, -0.1) is 0 Å². The number of hydrogen-bond donors (Lipinski definition) is 1. The van der Waals surface area contributed by atoms with Crippen molar-refractivity contribution in [2.24, 2.45) is 0 Å². The van der Waals surface area contributed by atoms with Crippen LogP contribution in [-0.2, 0) is 16.0 Å². The number of thiophene rings is 1. The van der Waals surface area contributed by atoms with Crippen LogP contribution in [0.15, 0.2) is 16.8 Å². The van der Waals surface area contributed by atoms with Gasteiger partial charge in [0.1, 0.15) is 0 Å². The molecule has 0 aromatic carbocycles. The van der Waals surface area contributed by atoms with Gasteiger partial charge in [0.2, 0.25) is 0 Å². The molecule has 15 heavy (non-hydrogen) atoms. The smallest absolute Gasteiger partial charge is 0.336 e. The topological polar surface area (TPSA) is 46.5 Å². The summed E-state index contributed by atoms with van der Waals surface area (Å²) in [5, 5.41) is 13.2. The maximum Gasteiger partial charge on any atom is 0.336 e. The van der Waals surface area contributed by atoms with E-state index >= 15 is 0 Å². The first-order valence-electron chi connectivity index (χ1n) is 5.11. The van der Waals surface area contributed by atoms with Crippen LogP contribution in [0.4, 0.5) is 0 Å². The lowest BCUT2D eigenvalue weighted by molar-refractivity contribution is -0.172. The minimum atomic E-state index is -0.973. The van der Waals surface area contributed by atoms with Crippen molar-refractivity contribution in [3.05, 3.63) is 22.4 Å². The minimum Gasteiger partial charge on any atom is -0.479 e. The SMILES string of the molecule is O=C(O)C1(Cc2ccsc2)CCCCO1. The molecule has 0 bridgehead atoms. The van der Waals surface area contributed by atoms with Crippen molar-refractivity contribution in [1.29, 1.82) is 0 Å². The second kappa shape index (κ2) is 4.33. The van der Waals surface area contributed by atoms with Crippen molar-refractivity contribution in [2.75, 3.05) is 6.61 Å². The Morgan fingerprint density at radius 2 is 2.47 bits per heavy atom. The Balaban J connectivity index is 2.15. The second-order valence-electron chi connectivity index (χ2n) is 3.91. The van der Waals surface area contributed by atoms with E-state index in [9.17, 15) is 9.90 Å². The first kappa shape index (κ1) is 10.6. The maximum atomic E-state index is 11.3. The lowest BCUT2D eigenvalue weighted by Crippen LogP contribution is -2.46. The predicted molar refractivity (Wildman–Crippen MR) is 58.2 cm³/mol. The van der Waals surface area contributed by atoms with Crippen LogP contribution in [0.25, 0.3) is 0 Å². The molecule has 1 saturated heterocycles. The average molecular weight is 226 g/mol. The Hall–Kier alpha value is -0.870. The highest BCUT2D eigenvalue weighted by molar-refractivity contribution is 7.07. The quantitative estimate of drug-likeness (QED) is 0.860. The summed E-state index contributed by atoms with van der Waals surface area (Å²) in [5.41, 5.74) is 0.0866. The highest BCUT2D eigenvalue weighted by Gasteiger charge is 2.41. The van der Waals surface area contributed by atoms with E-state index in [4.69, 9.17) is 4.74 Å². The zero-order chi connectivity index (χ0) is 10.7. The van der Waals surface area contributed by atoms with E-state index < -0.39 is 11.6 Å². The van der Waals surface area contributed by atoms with E-state index in [-0.39, 0.29) is 0 Å². The summed E-state index contributed by atoms with van der Waals surface area (Å²) in [5.74, 6) is -0.826. The molecule has 0 spiro atoms. The molecule has 0 saturated carbocycles. The van der Waals surface area contributed by atoms with Crippen molar-refractivity contribution in [2.45, 2.75) is 31.3 Å². The molecule has 1 aliphatic heterocycles. The molecule has 82 valence electrons. The molecule has 4 heteroatoms. The highest BCUT2D eigenvalue weighted by Crippen LogP contribution is 2.29. The fourth-order valence-corrected chi connectivity index (χ4v) is 2.63. The van der Waals surface area contributed by atoms with Gasteiger partial charge in [0.15, 0.2) is 5.60 Å².